The van der Waals surface area contributed by atoms with Gasteiger partial charge in [0, 0.05) is 83.9 Å². The highest BCUT2D eigenvalue weighted by Gasteiger charge is 2.47. The highest BCUT2D eigenvalue weighted by molar-refractivity contribution is 6.42. The number of aromatic nitrogens is 1. The topological polar surface area (TPSA) is 79.2 Å². The van der Waals surface area contributed by atoms with Crippen LogP contribution < -0.4 is 10.4 Å². The van der Waals surface area contributed by atoms with Crippen LogP contribution in [0, 0.1) is 33.1 Å². The SMILES string of the molecule is CCCCCCC(CCCCCC)N1C(=O)c2ccc3c4ccc5c6c(c(C#Cc7ccc8c9cc(C(C)(C)C)cc%10c9c9c%11c%12c%13c%14c(c7c8n%139)=CC(C(C)(C)C)=CC%14c7cc(C(C)(C)C)cc(c7=%12)=C7C=C(C(C)(C)C)C=C%10C7%11)cc(c7ccc(c2c37)C1=O)c64)C(=O)N(C(CCCCCC)CCCCCC)C5=O. The van der Waals surface area contributed by atoms with Gasteiger partial charge in [-0.15, -0.1) is 0 Å². The molecule has 5 heterocycles. The fraction of sp³-hybridized carbons (Fsp3) is 0.431. The molecule has 3 aromatic heterocycles. The lowest BCUT2D eigenvalue weighted by atomic mass is 9.65. The first kappa shape index (κ1) is 71.5. The molecule has 2 atom stereocenters. The highest BCUT2D eigenvalue weighted by atomic mass is 16.2. The summed E-state index contributed by atoms with van der Waals surface area (Å²) in [7, 11) is 0. The number of unbranched alkanes of at least 4 members (excludes halogenated alkanes) is 12. The normalized spacial score (nSPS) is 17.2. The number of amides is 4. The summed E-state index contributed by atoms with van der Waals surface area (Å²) in [6, 6.07) is 28.8. The van der Waals surface area contributed by atoms with Crippen LogP contribution in [0.15, 0.2) is 108 Å². The van der Waals surface area contributed by atoms with Crippen LogP contribution in [0.5, 0.6) is 0 Å². The summed E-state index contributed by atoms with van der Waals surface area (Å²) in [4.78, 5) is 67.0. The molecule has 0 N–H and O–H groups in total. The maximum Gasteiger partial charge on any atom is 0.262 e. The van der Waals surface area contributed by atoms with E-state index in [2.05, 4.69) is 212 Å². The number of hydrogen-bond acceptors (Lipinski definition) is 4. The van der Waals surface area contributed by atoms with Gasteiger partial charge in [0.05, 0.1) is 22.1 Å². The highest BCUT2D eigenvalue weighted by Crippen LogP contribution is 2.60. The molecule has 0 radical (unpaired) electrons. The molecule has 0 saturated heterocycles. The summed E-state index contributed by atoms with van der Waals surface area (Å²) in [5.74, 6) is 6.95. The Labute approximate surface area is 644 Å². The number of hydrogen-bond donors (Lipinski definition) is 0. The molecule has 2 unspecified atom stereocenters. The lowest BCUT2D eigenvalue weighted by Gasteiger charge is -2.37. The van der Waals surface area contributed by atoms with E-state index in [9.17, 15) is 0 Å². The Kier molecular flexibility index (Phi) is 16.9. The third kappa shape index (κ3) is 10.6. The number of pyridine rings is 2. The Hall–Kier alpha value is -9.12. The maximum atomic E-state index is 16.7. The van der Waals surface area contributed by atoms with E-state index in [1.165, 1.54) is 109 Å². The molecule has 109 heavy (non-hydrogen) atoms. The number of imide groups is 2. The Morgan fingerprint density at radius 1 is 0.394 bits per heavy atom. The Balaban J connectivity index is 0.935. The first-order chi connectivity index (χ1) is 52.2. The molecule has 5 aliphatic carbocycles. The molecule has 7 heteroatoms. The molecular formula is C102H109N3O4. The molecule has 18 rings (SSSR count). The van der Waals surface area contributed by atoms with Crippen LogP contribution in [-0.2, 0) is 10.8 Å². The molecule has 0 fully saturated rings. The summed E-state index contributed by atoms with van der Waals surface area (Å²) in [6.45, 7) is 37.4. The molecular weight excluding hydrogens is 1330 g/mol. The van der Waals surface area contributed by atoms with Crippen molar-refractivity contribution in [2.45, 2.75) is 274 Å². The molecule has 556 valence electrons. The van der Waals surface area contributed by atoms with Gasteiger partial charge in [0.1, 0.15) is 0 Å². The molecule has 7 nitrogen and oxygen atoms in total. The van der Waals surface area contributed by atoms with E-state index in [0.717, 1.165) is 172 Å². The first-order valence-electron chi connectivity index (χ1n) is 42.2. The summed E-state index contributed by atoms with van der Waals surface area (Å²) in [5.41, 5.74) is 20.3. The minimum atomic E-state index is -0.284. The average Bonchev–Trinajstić information content (AvgIpc) is 1.48. The number of carbonyl (C=O) groups is 4. The monoisotopic (exact) mass is 1440 g/mol. The van der Waals surface area contributed by atoms with E-state index in [1.807, 2.05) is 18.2 Å². The zero-order valence-corrected chi connectivity index (χ0v) is 67.7. The molecule has 11 aromatic rings. The molecule has 0 saturated carbocycles. The van der Waals surface area contributed by atoms with Crippen LogP contribution in [0.1, 0.15) is 337 Å². The van der Waals surface area contributed by atoms with Gasteiger partial charge >= 0.3 is 0 Å². The van der Waals surface area contributed by atoms with Crippen molar-refractivity contribution in [1.29, 1.82) is 0 Å². The lowest BCUT2D eigenvalue weighted by Crippen LogP contribution is -2.47. The smallest absolute Gasteiger partial charge is 0.262 e. The number of benzene rings is 8. The summed E-state index contributed by atoms with van der Waals surface area (Å²) < 4.78 is 2.74. The summed E-state index contributed by atoms with van der Waals surface area (Å²) in [6.07, 6.45) is 30.3. The first-order valence-corrected chi connectivity index (χ1v) is 42.2. The van der Waals surface area contributed by atoms with Crippen molar-refractivity contribution in [3.05, 3.63) is 196 Å². The van der Waals surface area contributed by atoms with Gasteiger partial charge in [0.15, 0.2) is 0 Å². The standard InChI is InChI=1S/C102H109N3O4/c1-17-21-25-29-33-62(34-30-26-22-18-2)103-95(106)68-44-41-64-65-42-46-70-89-81(98(109)104(97(70)108)63(35-31-27-23-19-3)36-32-28-24-20-4)57(47-71(83(65)89)66-43-45-69(96(103)107)84(68)82(64)66)38-37-56-39-40-67-72-48-58(99(5,6)7)53-77-75-51-59(100(8,9)10)49-73-74-50-60(101(11,12)13)52-76-78-54-61(102(14,15)16)55-79-80(56)92(67)105-93(87(72)77)90(85(73)75)91(86(74)76)94(105)88(78)79/h39-55,62-63,78,85H,17-36H2,1-16H3. The number of allylic oxidation sites excluding steroid dienone is 6. The van der Waals surface area contributed by atoms with E-state index in [0.29, 0.717) is 38.6 Å². The largest absolute Gasteiger partial charge is 0.307 e. The van der Waals surface area contributed by atoms with Crippen LogP contribution in [0.3, 0.4) is 0 Å². The van der Waals surface area contributed by atoms with E-state index in [-0.39, 0.29) is 69.2 Å². The predicted octanol–water partition coefficient (Wildman–Crippen LogP) is 24.8. The molecule has 4 amide bonds. The van der Waals surface area contributed by atoms with Gasteiger partial charge in [0.2, 0.25) is 0 Å². The quantitative estimate of drug-likeness (QED) is 0.0223. The number of fused-ring (bicyclic) bond motifs is 6. The minimum absolute atomic E-state index is 0.0202. The average molecular weight is 1440 g/mol. The van der Waals surface area contributed by atoms with Crippen molar-refractivity contribution >= 4 is 122 Å². The van der Waals surface area contributed by atoms with Crippen LogP contribution in [0.4, 0.5) is 0 Å². The Morgan fingerprint density at radius 3 is 1.45 bits per heavy atom. The van der Waals surface area contributed by atoms with Crippen molar-refractivity contribution in [1.82, 2.24) is 14.2 Å². The fourth-order valence-corrected chi connectivity index (χ4v) is 21.0. The zero-order valence-electron chi connectivity index (χ0n) is 67.7. The van der Waals surface area contributed by atoms with Crippen LogP contribution >= 0.6 is 0 Å². The molecule has 8 aromatic carbocycles. The predicted molar refractivity (Wildman–Crippen MR) is 455 cm³/mol. The van der Waals surface area contributed by atoms with Crippen molar-refractivity contribution in [2.75, 3.05) is 0 Å². The molecule has 0 bridgehead atoms. The third-order valence-corrected chi connectivity index (χ3v) is 26.8. The van der Waals surface area contributed by atoms with Gasteiger partial charge in [-0.25, -0.2) is 0 Å². The zero-order chi connectivity index (χ0) is 76.1. The second kappa shape index (κ2) is 25.7. The van der Waals surface area contributed by atoms with Gasteiger partial charge in [-0.1, -0.05) is 292 Å². The van der Waals surface area contributed by atoms with E-state index in [1.54, 1.807) is 9.80 Å². The van der Waals surface area contributed by atoms with Gasteiger partial charge in [0.25, 0.3) is 23.6 Å². The summed E-state index contributed by atoms with van der Waals surface area (Å²) >= 11 is 0. The van der Waals surface area contributed by atoms with Crippen molar-refractivity contribution in [3.63, 3.8) is 0 Å². The van der Waals surface area contributed by atoms with Gasteiger partial charge in [-0.05, 0) is 193 Å². The van der Waals surface area contributed by atoms with Crippen LogP contribution in [0.25, 0.3) is 98.4 Å². The Bertz CT molecular complexity index is 6230. The second-order valence-corrected chi connectivity index (χ2v) is 38.0. The number of nitrogens with zero attached hydrogens (tertiary/aromatic N) is 3. The lowest BCUT2D eigenvalue weighted by molar-refractivity contribution is 0.0501. The van der Waals surface area contributed by atoms with Crippen LogP contribution in [0.2, 0.25) is 0 Å². The molecule has 7 aliphatic rings. The van der Waals surface area contributed by atoms with Gasteiger partial charge < -0.3 is 4.40 Å². The Morgan fingerprint density at radius 2 is 0.899 bits per heavy atom. The third-order valence-electron chi connectivity index (χ3n) is 26.8. The van der Waals surface area contributed by atoms with Crippen molar-refractivity contribution in [2.24, 2.45) is 10.8 Å². The fourth-order valence-electron chi connectivity index (χ4n) is 21.0. The maximum absolute atomic E-state index is 16.7. The van der Waals surface area contributed by atoms with E-state index >= 15 is 19.2 Å². The molecule has 0 spiro atoms. The van der Waals surface area contributed by atoms with Crippen molar-refractivity contribution < 1.29 is 19.2 Å². The van der Waals surface area contributed by atoms with Crippen LogP contribution in [-0.4, -0.2) is 49.9 Å². The van der Waals surface area contributed by atoms with E-state index < -0.39 is 0 Å². The second-order valence-electron chi connectivity index (χ2n) is 38.0. The minimum Gasteiger partial charge on any atom is -0.307 e. The van der Waals surface area contributed by atoms with Crippen molar-refractivity contribution in [3.8, 4) is 11.8 Å². The molecule has 2 aliphatic heterocycles. The van der Waals surface area contributed by atoms with Gasteiger partial charge in [-0.2, -0.15) is 0 Å². The number of rotatable bonds is 22. The summed E-state index contributed by atoms with van der Waals surface area (Å²) in [5, 5.41) is 16.8. The van der Waals surface area contributed by atoms with Gasteiger partial charge in [-0.3, -0.25) is 29.0 Å². The van der Waals surface area contributed by atoms with E-state index in [4.69, 9.17) is 0 Å². The number of carbonyl (C=O) groups excluding carboxylic acids is 4.